The first-order valence-electron chi connectivity index (χ1n) is 13.5. The van der Waals surface area contributed by atoms with Crippen molar-refractivity contribution in [3.8, 4) is 11.3 Å². The van der Waals surface area contributed by atoms with Gasteiger partial charge < -0.3 is 15.7 Å². The molecule has 1 aliphatic rings. The number of fused-ring (bicyclic) bond motifs is 1. The molecule has 1 saturated carbocycles. The Hall–Kier alpha value is -3.76. The van der Waals surface area contributed by atoms with Crippen LogP contribution in [0.3, 0.4) is 0 Å². The van der Waals surface area contributed by atoms with Gasteiger partial charge in [0.25, 0.3) is 0 Å². The number of aliphatic hydroxyl groups excluding tert-OH is 1. The van der Waals surface area contributed by atoms with Gasteiger partial charge in [0, 0.05) is 51.5 Å². The van der Waals surface area contributed by atoms with Crippen molar-refractivity contribution in [2.24, 2.45) is 11.7 Å². The molecule has 10 heteroatoms. The molecule has 1 fully saturated rings. The SMILES string of the molecule is CC(=O)N(C)[C@@H]1[C@H](N)C[C@H](c2ccncc2Cc2ncc3ccc(-c4c(F)cc(CCO)cc4F)nn23)C[C@@H]1C. The minimum Gasteiger partial charge on any atom is -0.396 e. The molecule has 3 aromatic heterocycles. The third-order valence-corrected chi connectivity index (χ3v) is 8.12. The largest absolute Gasteiger partial charge is 0.396 e. The monoisotopic (exact) mass is 548 g/mol. The zero-order valence-electron chi connectivity index (χ0n) is 22.9. The molecule has 3 N–H and O–H groups in total. The minimum atomic E-state index is -0.733. The van der Waals surface area contributed by atoms with Gasteiger partial charge in [-0.3, -0.25) is 9.78 Å². The molecule has 1 aliphatic carbocycles. The molecule has 0 spiro atoms. The average Bonchev–Trinajstić information content (AvgIpc) is 3.30. The maximum atomic E-state index is 14.9. The Labute approximate surface area is 231 Å². The Morgan fingerprint density at radius 1 is 1.18 bits per heavy atom. The molecule has 210 valence electrons. The third-order valence-electron chi connectivity index (χ3n) is 8.12. The van der Waals surface area contributed by atoms with E-state index in [0.29, 0.717) is 23.3 Å². The van der Waals surface area contributed by atoms with Crippen molar-refractivity contribution in [3.05, 3.63) is 83.1 Å². The van der Waals surface area contributed by atoms with Crippen molar-refractivity contribution < 1.29 is 18.7 Å². The van der Waals surface area contributed by atoms with E-state index in [1.807, 2.05) is 19.3 Å². The summed E-state index contributed by atoms with van der Waals surface area (Å²) >= 11 is 0. The average molecular weight is 549 g/mol. The minimum absolute atomic E-state index is 0.00858. The number of imidazole rings is 1. The number of rotatable bonds is 7. The molecule has 5 rings (SSSR count). The first-order valence-corrected chi connectivity index (χ1v) is 13.5. The summed E-state index contributed by atoms with van der Waals surface area (Å²) in [6, 6.07) is 7.60. The highest BCUT2D eigenvalue weighted by atomic mass is 19.1. The molecule has 40 heavy (non-hydrogen) atoms. The summed E-state index contributed by atoms with van der Waals surface area (Å²) < 4.78 is 31.4. The van der Waals surface area contributed by atoms with E-state index >= 15 is 0 Å². The van der Waals surface area contributed by atoms with Crippen LogP contribution in [0.2, 0.25) is 0 Å². The molecule has 0 aliphatic heterocycles. The number of pyridine rings is 1. The Morgan fingerprint density at radius 3 is 2.60 bits per heavy atom. The van der Waals surface area contributed by atoms with Crippen LogP contribution in [0.1, 0.15) is 55.1 Å². The van der Waals surface area contributed by atoms with E-state index in [0.717, 1.165) is 24.0 Å². The van der Waals surface area contributed by atoms with Crippen molar-refractivity contribution in [2.75, 3.05) is 13.7 Å². The Morgan fingerprint density at radius 2 is 1.93 bits per heavy atom. The van der Waals surface area contributed by atoms with Gasteiger partial charge in [0.05, 0.1) is 23.0 Å². The van der Waals surface area contributed by atoms with Crippen LogP contribution >= 0.6 is 0 Å². The fourth-order valence-electron chi connectivity index (χ4n) is 6.19. The van der Waals surface area contributed by atoms with Crippen LogP contribution in [0.15, 0.2) is 48.9 Å². The number of hydrogen-bond donors (Lipinski definition) is 2. The number of benzene rings is 1. The highest BCUT2D eigenvalue weighted by Crippen LogP contribution is 2.39. The van der Waals surface area contributed by atoms with Crippen molar-refractivity contribution in [1.82, 2.24) is 24.5 Å². The number of halogens is 2. The van der Waals surface area contributed by atoms with Gasteiger partial charge in [-0.1, -0.05) is 6.92 Å². The van der Waals surface area contributed by atoms with E-state index < -0.39 is 11.6 Å². The summed E-state index contributed by atoms with van der Waals surface area (Å²) in [7, 11) is 1.81. The molecular weight excluding hydrogens is 514 g/mol. The zero-order chi connectivity index (χ0) is 28.6. The van der Waals surface area contributed by atoms with E-state index in [9.17, 15) is 13.6 Å². The lowest BCUT2D eigenvalue weighted by molar-refractivity contribution is -0.131. The second kappa shape index (κ2) is 11.4. The van der Waals surface area contributed by atoms with Gasteiger partial charge in [-0.15, -0.1) is 0 Å². The molecule has 1 amide bonds. The lowest BCUT2D eigenvalue weighted by atomic mass is 9.72. The second-order valence-electron chi connectivity index (χ2n) is 10.8. The summed E-state index contributed by atoms with van der Waals surface area (Å²) in [5.41, 5.74) is 9.73. The number of hydrogen-bond acceptors (Lipinski definition) is 6. The fraction of sp³-hybridized carbons (Fsp3) is 0.400. The summed E-state index contributed by atoms with van der Waals surface area (Å²) in [5.74, 6) is -0.435. The molecule has 0 unspecified atom stereocenters. The topological polar surface area (TPSA) is 110 Å². The maximum absolute atomic E-state index is 14.9. The number of likely N-dealkylation sites (N-methyl/N-ethyl adjacent to an activating group) is 1. The predicted octanol–water partition coefficient (Wildman–Crippen LogP) is 3.88. The van der Waals surface area contributed by atoms with Crippen LogP contribution in [0.25, 0.3) is 16.8 Å². The standard InChI is InChI=1S/C30H34F2N6O2/c1-17-10-20(13-26(33)30(17)37(3)18(2)40)23-6-8-34-15-21(23)14-28-35-16-22-4-5-27(36-38(22)28)29-24(31)11-19(7-9-39)12-25(29)32/h4-6,8,11-12,15-17,20,26,30,39H,7,9-10,13-14,33H2,1-3H3/t17-,20+,26+,30-/m0/s1. The molecule has 0 radical (unpaired) electrons. The second-order valence-corrected chi connectivity index (χ2v) is 10.8. The number of carbonyl (C=O) groups excluding carboxylic acids is 1. The summed E-state index contributed by atoms with van der Waals surface area (Å²) in [6.07, 6.45) is 7.48. The van der Waals surface area contributed by atoms with Crippen LogP contribution in [-0.2, 0) is 17.6 Å². The van der Waals surface area contributed by atoms with Gasteiger partial charge in [-0.25, -0.2) is 18.3 Å². The van der Waals surface area contributed by atoms with E-state index in [-0.39, 0.29) is 54.1 Å². The van der Waals surface area contributed by atoms with Crippen molar-refractivity contribution in [3.63, 3.8) is 0 Å². The third kappa shape index (κ3) is 5.33. The molecule has 1 aromatic carbocycles. The van der Waals surface area contributed by atoms with E-state index in [4.69, 9.17) is 10.8 Å². The van der Waals surface area contributed by atoms with Gasteiger partial charge in [0.1, 0.15) is 17.5 Å². The van der Waals surface area contributed by atoms with Crippen LogP contribution in [0, 0.1) is 17.6 Å². The van der Waals surface area contributed by atoms with Gasteiger partial charge in [0.15, 0.2) is 0 Å². The maximum Gasteiger partial charge on any atom is 0.219 e. The predicted molar refractivity (Wildman–Crippen MR) is 148 cm³/mol. The van der Waals surface area contributed by atoms with Gasteiger partial charge >= 0.3 is 0 Å². The van der Waals surface area contributed by atoms with Crippen LogP contribution in [0.5, 0.6) is 0 Å². The van der Waals surface area contributed by atoms with E-state index in [1.165, 1.54) is 12.1 Å². The highest BCUT2D eigenvalue weighted by Gasteiger charge is 2.38. The molecule has 3 heterocycles. The Balaban J connectivity index is 1.45. The first kappa shape index (κ1) is 27.8. The number of nitrogens with zero attached hydrogens (tertiary/aromatic N) is 5. The number of nitrogens with two attached hydrogens (primary N) is 1. The normalized spacial score (nSPS) is 21.1. The lowest BCUT2D eigenvalue weighted by Gasteiger charge is -2.43. The smallest absolute Gasteiger partial charge is 0.219 e. The Bertz CT molecular complexity index is 1500. The molecule has 0 bridgehead atoms. The summed E-state index contributed by atoms with van der Waals surface area (Å²) in [5, 5.41) is 13.7. The quantitative estimate of drug-likeness (QED) is 0.363. The van der Waals surface area contributed by atoms with Crippen LogP contribution in [0.4, 0.5) is 8.78 Å². The highest BCUT2D eigenvalue weighted by molar-refractivity contribution is 5.73. The molecule has 0 saturated heterocycles. The number of aliphatic hydroxyl groups is 1. The van der Waals surface area contributed by atoms with Crippen molar-refractivity contribution >= 4 is 11.4 Å². The van der Waals surface area contributed by atoms with Crippen molar-refractivity contribution in [1.29, 1.82) is 0 Å². The van der Waals surface area contributed by atoms with Gasteiger partial charge in [0.2, 0.25) is 5.91 Å². The fourth-order valence-corrected chi connectivity index (χ4v) is 6.19. The summed E-state index contributed by atoms with van der Waals surface area (Å²) in [4.78, 5) is 22.7. The molecular formula is C30H34F2N6O2. The summed E-state index contributed by atoms with van der Waals surface area (Å²) in [6.45, 7) is 3.51. The number of carbonyl (C=O) groups is 1. The first-order chi connectivity index (χ1) is 19.2. The molecule has 4 atom stereocenters. The number of aromatic nitrogens is 4. The van der Waals surface area contributed by atoms with Gasteiger partial charge in [-0.2, -0.15) is 5.10 Å². The van der Waals surface area contributed by atoms with Crippen LogP contribution < -0.4 is 5.73 Å². The zero-order valence-corrected chi connectivity index (χ0v) is 22.9. The van der Waals surface area contributed by atoms with E-state index in [2.05, 4.69) is 22.0 Å². The van der Waals surface area contributed by atoms with Crippen LogP contribution in [-0.4, -0.2) is 61.2 Å². The van der Waals surface area contributed by atoms with Crippen molar-refractivity contribution in [2.45, 2.75) is 57.5 Å². The molecule has 8 nitrogen and oxygen atoms in total. The van der Waals surface area contributed by atoms with E-state index in [1.54, 1.807) is 40.9 Å². The molecule has 4 aromatic rings. The Kier molecular flexibility index (Phi) is 7.91. The number of amides is 1. The van der Waals surface area contributed by atoms with Gasteiger partial charge in [-0.05, 0) is 78.1 Å². The lowest BCUT2D eigenvalue weighted by Crippen LogP contribution is -2.54.